The Bertz CT molecular complexity index is 480. The summed E-state index contributed by atoms with van der Waals surface area (Å²) in [6, 6.07) is 1.85. The third-order valence-corrected chi connectivity index (χ3v) is 4.53. The Morgan fingerprint density at radius 1 is 1.63 bits per heavy atom. The summed E-state index contributed by atoms with van der Waals surface area (Å²) in [4.78, 5) is 23.2. The van der Waals surface area contributed by atoms with Gasteiger partial charge in [0.2, 0.25) is 5.91 Å². The largest absolute Gasteiger partial charge is 0.479 e. The van der Waals surface area contributed by atoms with Crippen LogP contribution >= 0.6 is 11.8 Å². The lowest BCUT2D eigenvalue weighted by molar-refractivity contribution is -0.146. The zero-order valence-corrected chi connectivity index (χ0v) is 11.6. The fourth-order valence-electron chi connectivity index (χ4n) is 2.10. The van der Waals surface area contributed by atoms with Crippen molar-refractivity contribution in [2.75, 3.05) is 11.5 Å². The highest BCUT2D eigenvalue weighted by molar-refractivity contribution is 7.99. The fourth-order valence-corrected chi connectivity index (χ4v) is 3.43. The second kappa shape index (κ2) is 5.64. The van der Waals surface area contributed by atoms with Gasteiger partial charge < -0.3 is 10.4 Å². The van der Waals surface area contributed by atoms with E-state index in [-0.39, 0.29) is 12.3 Å². The van der Waals surface area contributed by atoms with Crippen molar-refractivity contribution in [3.8, 4) is 0 Å². The second-order valence-electron chi connectivity index (χ2n) is 4.68. The second-order valence-corrected chi connectivity index (χ2v) is 5.79. The predicted octanol–water partition coefficient (Wildman–Crippen LogP) is 0.429. The summed E-state index contributed by atoms with van der Waals surface area (Å²) in [5.74, 6) is 0.0613. The zero-order chi connectivity index (χ0) is 13.9. The minimum atomic E-state index is -1.08. The van der Waals surface area contributed by atoms with Crippen LogP contribution in [0.4, 0.5) is 0 Å². The highest BCUT2D eigenvalue weighted by Gasteiger charge is 2.43. The summed E-state index contributed by atoms with van der Waals surface area (Å²) in [6.07, 6.45) is 3.01. The molecule has 0 spiro atoms. The molecule has 1 aliphatic rings. The van der Waals surface area contributed by atoms with Gasteiger partial charge >= 0.3 is 5.97 Å². The van der Waals surface area contributed by atoms with Gasteiger partial charge in [0.25, 0.3) is 0 Å². The Balaban J connectivity index is 1.90. The van der Waals surface area contributed by atoms with Crippen LogP contribution in [0.3, 0.4) is 0 Å². The number of amides is 1. The minimum Gasteiger partial charge on any atom is -0.479 e. The maximum absolute atomic E-state index is 11.9. The molecular formula is C12H17N3O3S. The van der Waals surface area contributed by atoms with Gasteiger partial charge in [-0.15, -0.1) is 0 Å². The number of carboxylic acid groups (broad SMARTS) is 1. The Labute approximate surface area is 115 Å². The molecule has 1 aliphatic heterocycles. The van der Waals surface area contributed by atoms with Crippen LogP contribution in [0, 0.1) is 0 Å². The topological polar surface area (TPSA) is 84.2 Å². The first kappa shape index (κ1) is 13.9. The van der Waals surface area contributed by atoms with E-state index in [4.69, 9.17) is 0 Å². The Hall–Kier alpha value is -1.50. The molecule has 7 heteroatoms. The number of carbonyl (C=O) groups is 2. The number of thioether (sulfide) groups is 1. The molecule has 2 rings (SSSR count). The SMILES string of the molecule is Cn1nccc1CCC(=O)NC1(C(=O)O)CCSC1. The highest BCUT2D eigenvalue weighted by Crippen LogP contribution is 2.28. The molecule has 1 atom stereocenters. The number of carboxylic acids is 1. The van der Waals surface area contributed by atoms with E-state index in [0.717, 1.165) is 11.4 Å². The summed E-state index contributed by atoms with van der Waals surface area (Å²) in [6.45, 7) is 0. The lowest BCUT2D eigenvalue weighted by atomic mass is 9.99. The molecule has 0 bridgehead atoms. The summed E-state index contributed by atoms with van der Waals surface area (Å²) in [7, 11) is 1.82. The highest BCUT2D eigenvalue weighted by atomic mass is 32.2. The third kappa shape index (κ3) is 3.09. The van der Waals surface area contributed by atoms with Crippen molar-refractivity contribution in [2.24, 2.45) is 7.05 Å². The van der Waals surface area contributed by atoms with Gasteiger partial charge in [-0.1, -0.05) is 0 Å². The van der Waals surface area contributed by atoms with Crippen molar-refractivity contribution in [3.63, 3.8) is 0 Å². The zero-order valence-electron chi connectivity index (χ0n) is 10.8. The molecule has 6 nitrogen and oxygen atoms in total. The van der Waals surface area contributed by atoms with Crippen LogP contribution in [0.1, 0.15) is 18.5 Å². The van der Waals surface area contributed by atoms with Crippen molar-refractivity contribution in [2.45, 2.75) is 24.8 Å². The normalized spacial score (nSPS) is 22.4. The van der Waals surface area contributed by atoms with E-state index in [1.165, 1.54) is 0 Å². The molecular weight excluding hydrogens is 266 g/mol. The number of aliphatic carboxylic acids is 1. The van der Waals surface area contributed by atoms with Crippen LogP contribution in [0.25, 0.3) is 0 Å². The van der Waals surface area contributed by atoms with Gasteiger partial charge in [0.05, 0.1) is 0 Å². The molecule has 0 aliphatic carbocycles. The van der Waals surface area contributed by atoms with E-state index in [1.807, 2.05) is 13.1 Å². The fraction of sp³-hybridized carbons (Fsp3) is 0.583. The number of nitrogens with one attached hydrogen (secondary N) is 1. The van der Waals surface area contributed by atoms with Crippen molar-refractivity contribution < 1.29 is 14.7 Å². The van der Waals surface area contributed by atoms with Crippen LogP contribution in [0.5, 0.6) is 0 Å². The number of carbonyl (C=O) groups excluding carboxylic acids is 1. The molecule has 19 heavy (non-hydrogen) atoms. The van der Waals surface area contributed by atoms with Gasteiger partial charge in [-0.25, -0.2) is 4.79 Å². The molecule has 0 saturated carbocycles. The maximum atomic E-state index is 11.9. The third-order valence-electron chi connectivity index (χ3n) is 3.34. The number of aromatic nitrogens is 2. The molecule has 0 radical (unpaired) electrons. The Kier molecular flexibility index (Phi) is 4.14. The quantitative estimate of drug-likeness (QED) is 0.818. The van der Waals surface area contributed by atoms with Crippen molar-refractivity contribution >= 4 is 23.6 Å². The van der Waals surface area contributed by atoms with E-state index < -0.39 is 11.5 Å². The molecule has 104 valence electrons. The smallest absolute Gasteiger partial charge is 0.330 e. The average Bonchev–Trinajstić information content (AvgIpc) is 2.97. The number of hydrogen-bond donors (Lipinski definition) is 2. The molecule has 1 aromatic heterocycles. The van der Waals surface area contributed by atoms with E-state index in [9.17, 15) is 14.7 Å². The van der Waals surface area contributed by atoms with E-state index in [0.29, 0.717) is 18.6 Å². The van der Waals surface area contributed by atoms with Gasteiger partial charge in [0.1, 0.15) is 5.54 Å². The van der Waals surface area contributed by atoms with Gasteiger partial charge in [0.15, 0.2) is 0 Å². The summed E-state index contributed by atoms with van der Waals surface area (Å²) < 4.78 is 1.71. The first-order valence-electron chi connectivity index (χ1n) is 6.12. The van der Waals surface area contributed by atoms with Crippen LogP contribution in [0.15, 0.2) is 12.3 Å². The Morgan fingerprint density at radius 2 is 2.42 bits per heavy atom. The minimum absolute atomic E-state index is 0.217. The first-order chi connectivity index (χ1) is 9.03. The molecule has 2 heterocycles. The summed E-state index contributed by atoms with van der Waals surface area (Å²) >= 11 is 1.56. The van der Waals surface area contributed by atoms with Crippen molar-refractivity contribution in [1.82, 2.24) is 15.1 Å². The van der Waals surface area contributed by atoms with E-state index >= 15 is 0 Å². The number of rotatable bonds is 5. The molecule has 1 saturated heterocycles. The van der Waals surface area contributed by atoms with Crippen molar-refractivity contribution in [1.29, 1.82) is 0 Å². The molecule has 1 aromatic rings. The van der Waals surface area contributed by atoms with Gasteiger partial charge in [-0.2, -0.15) is 16.9 Å². The van der Waals surface area contributed by atoms with Crippen LogP contribution in [-0.2, 0) is 23.1 Å². The first-order valence-corrected chi connectivity index (χ1v) is 7.28. The molecule has 2 N–H and O–H groups in total. The number of hydrogen-bond acceptors (Lipinski definition) is 4. The monoisotopic (exact) mass is 283 g/mol. The molecule has 1 unspecified atom stereocenters. The lowest BCUT2D eigenvalue weighted by Crippen LogP contribution is -2.54. The van der Waals surface area contributed by atoms with E-state index in [1.54, 1.807) is 22.6 Å². The molecule has 1 amide bonds. The molecule has 1 fully saturated rings. The van der Waals surface area contributed by atoms with Gasteiger partial charge in [-0.05, 0) is 24.7 Å². The van der Waals surface area contributed by atoms with Gasteiger partial charge in [-0.3, -0.25) is 9.48 Å². The van der Waals surface area contributed by atoms with Crippen LogP contribution in [0.2, 0.25) is 0 Å². The average molecular weight is 283 g/mol. The van der Waals surface area contributed by atoms with Gasteiger partial charge in [0, 0.05) is 31.1 Å². The lowest BCUT2D eigenvalue weighted by Gasteiger charge is -2.24. The number of aryl methyl sites for hydroxylation is 2. The standard InChI is InChI=1S/C12H17N3O3S/c1-15-9(4-6-13-15)2-3-10(16)14-12(11(17)18)5-7-19-8-12/h4,6H,2-3,5,7-8H2,1H3,(H,14,16)(H,17,18). The summed E-state index contributed by atoms with van der Waals surface area (Å²) in [5, 5.41) is 16.0. The molecule has 0 aromatic carbocycles. The Morgan fingerprint density at radius 3 is 2.95 bits per heavy atom. The predicted molar refractivity (Wildman–Crippen MR) is 72.0 cm³/mol. The van der Waals surface area contributed by atoms with E-state index in [2.05, 4.69) is 10.4 Å². The van der Waals surface area contributed by atoms with Crippen LogP contribution in [-0.4, -0.2) is 43.8 Å². The number of nitrogens with zero attached hydrogens (tertiary/aromatic N) is 2. The van der Waals surface area contributed by atoms with Crippen molar-refractivity contribution in [3.05, 3.63) is 18.0 Å². The van der Waals surface area contributed by atoms with Crippen LogP contribution < -0.4 is 5.32 Å². The summed E-state index contributed by atoms with van der Waals surface area (Å²) in [5.41, 5.74) is -0.117. The maximum Gasteiger partial charge on any atom is 0.330 e.